The lowest BCUT2D eigenvalue weighted by molar-refractivity contribution is -0.132. The highest BCUT2D eigenvalue weighted by atomic mass is 35.5. The molecule has 1 aromatic carbocycles. The second-order valence-electron chi connectivity index (χ2n) is 6.72. The van der Waals surface area contributed by atoms with E-state index in [1.54, 1.807) is 34.1 Å². The number of hydrogen-bond donors (Lipinski definition) is 1. The monoisotopic (exact) mass is 351 g/mol. The van der Waals surface area contributed by atoms with E-state index in [-0.39, 0.29) is 11.8 Å². The number of carbonyl (C=O) groups is 2. The molecule has 1 heterocycles. The van der Waals surface area contributed by atoms with Gasteiger partial charge in [0.1, 0.15) is 0 Å². The van der Waals surface area contributed by atoms with Gasteiger partial charge in [-0.3, -0.25) is 9.59 Å². The van der Waals surface area contributed by atoms with Gasteiger partial charge in [-0.25, -0.2) is 0 Å². The summed E-state index contributed by atoms with van der Waals surface area (Å²) in [5.41, 5.74) is 6.60. The van der Waals surface area contributed by atoms with Crippen molar-refractivity contribution in [3.63, 3.8) is 0 Å². The lowest BCUT2D eigenvalue weighted by Gasteiger charge is -2.25. The summed E-state index contributed by atoms with van der Waals surface area (Å²) >= 11 is 5.96. The minimum atomic E-state index is -0.458. The van der Waals surface area contributed by atoms with Gasteiger partial charge in [-0.05, 0) is 37.0 Å². The molecule has 1 atom stereocenters. The first-order chi connectivity index (χ1) is 11.4. The van der Waals surface area contributed by atoms with Gasteiger partial charge in [-0.1, -0.05) is 31.5 Å². The van der Waals surface area contributed by atoms with Crippen molar-refractivity contribution in [3.05, 3.63) is 34.9 Å². The smallest absolute Gasteiger partial charge is 0.253 e. The Morgan fingerprint density at radius 2 is 1.83 bits per heavy atom. The fourth-order valence-electron chi connectivity index (χ4n) is 2.99. The van der Waals surface area contributed by atoms with Crippen molar-refractivity contribution in [2.45, 2.75) is 32.7 Å². The van der Waals surface area contributed by atoms with Crippen LogP contribution in [0.5, 0.6) is 0 Å². The molecule has 0 aromatic heterocycles. The van der Waals surface area contributed by atoms with Crippen molar-refractivity contribution < 1.29 is 9.59 Å². The fraction of sp³-hybridized carbons (Fsp3) is 0.556. The molecule has 6 heteroatoms. The van der Waals surface area contributed by atoms with Crippen LogP contribution in [0.15, 0.2) is 24.3 Å². The first-order valence-electron chi connectivity index (χ1n) is 8.47. The molecule has 24 heavy (non-hydrogen) atoms. The molecule has 2 rings (SSSR count). The maximum absolute atomic E-state index is 12.6. The fourth-order valence-corrected chi connectivity index (χ4v) is 3.18. The molecule has 0 saturated carbocycles. The molecule has 0 spiro atoms. The van der Waals surface area contributed by atoms with Crippen LogP contribution in [0.1, 0.15) is 37.0 Å². The number of amides is 2. The summed E-state index contributed by atoms with van der Waals surface area (Å²) in [6, 6.07) is 6.50. The van der Waals surface area contributed by atoms with E-state index in [9.17, 15) is 9.59 Å². The predicted octanol–water partition coefficient (Wildman–Crippen LogP) is 2.39. The quantitative estimate of drug-likeness (QED) is 0.905. The molecule has 1 fully saturated rings. The molecule has 1 saturated heterocycles. The second kappa shape index (κ2) is 8.49. The van der Waals surface area contributed by atoms with Gasteiger partial charge in [0.2, 0.25) is 5.91 Å². The summed E-state index contributed by atoms with van der Waals surface area (Å²) in [7, 11) is 0. The molecule has 1 aliphatic heterocycles. The van der Waals surface area contributed by atoms with Crippen molar-refractivity contribution >= 4 is 23.4 Å². The zero-order chi connectivity index (χ0) is 17.7. The topological polar surface area (TPSA) is 66.6 Å². The van der Waals surface area contributed by atoms with Crippen LogP contribution in [0.2, 0.25) is 5.02 Å². The lowest BCUT2D eigenvalue weighted by atomic mass is 10.0. The Balaban J connectivity index is 1.97. The van der Waals surface area contributed by atoms with Crippen LogP contribution < -0.4 is 5.73 Å². The number of benzene rings is 1. The molecule has 1 aromatic rings. The average Bonchev–Trinajstić information content (AvgIpc) is 2.78. The van der Waals surface area contributed by atoms with Gasteiger partial charge < -0.3 is 15.5 Å². The Labute approximate surface area is 148 Å². The maximum Gasteiger partial charge on any atom is 0.253 e. The normalized spacial score (nSPS) is 16.9. The summed E-state index contributed by atoms with van der Waals surface area (Å²) < 4.78 is 0. The van der Waals surface area contributed by atoms with Crippen LogP contribution in [0, 0.1) is 5.92 Å². The molecule has 2 N–H and O–H groups in total. The van der Waals surface area contributed by atoms with E-state index in [1.165, 1.54) is 0 Å². The van der Waals surface area contributed by atoms with Crippen molar-refractivity contribution in [1.82, 2.24) is 9.80 Å². The average molecular weight is 352 g/mol. The Morgan fingerprint density at radius 1 is 1.17 bits per heavy atom. The summed E-state index contributed by atoms with van der Waals surface area (Å²) in [5, 5.41) is 0.548. The van der Waals surface area contributed by atoms with Gasteiger partial charge in [0.05, 0.1) is 6.04 Å². The predicted molar refractivity (Wildman–Crippen MR) is 96.0 cm³/mol. The lowest BCUT2D eigenvalue weighted by Crippen LogP contribution is -2.46. The Hall–Kier alpha value is -1.59. The van der Waals surface area contributed by atoms with Crippen LogP contribution in [-0.4, -0.2) is 53.8 Å². The van der Waals surface area contributed by atoms with Gasteiger partial charge in [-0.2, -0.15) is 0 Å². The number of carbonyl (C=O) groups excluding carboxylic acids is 2. The third-order valence-corrected chi connectivity index (χ3v) is 4.44. The molecule has 1 aliphatic rings. The number of nitrogens with zero attached hydrogens (tertiary/aromatic N) is 2. The Kier molecular flexibility index (Phi) is 6.63. The SMILES string of the molecule is CC(C)C[C@H](N)C(=O)N1CCCN(C(=O)c2cccc(Cl)c2)CC1. The zero-order valence-corrected chi connectivity index (χ0v) is 15.1. The molecular weight excluding hydrogens is 326 g/mol. The molecule has 5 nitrogen and oxygen atoms in total. The molecule has 0 bridgehead atoms. The van der Waals surface area contributed by atoms with Crippen LogP contribution in [0.3, 0.4) is 0 Å². The van der Waals surface area contributed by atoms with Gasteiger partial charge in [0.15, 0.2) is 0 Å². The van der Waals surface area contributed by atoms with Crippen molar-refractivity contribution in [2.75, 3.05) is 26.2 Å². The Bertz CT molecular complexity index is 591. The molecule has 0 unspecified atom stereocenters. The molecule has 2 amide bonds. The number of nitrogens with two attached hydrogens (primary N) is 1. The number of halogens is 1. The van der Waals surface area contributed by atoms with Gasteiger partial charge in [0.25, 0.3) is 5.91 Å². The number of rotatable bonds is 4. The zero-order valence-electron chi connectivity index (χ0n) is 14.4. The first-order valence-corrected chi connectivity index (χ1v) is 8.85. The van der Waals surface area contributed by atoms with E-state index in [0.29, 0.717) is 49.1 Å². The highest BCUT2D eigenvalue weighted by Gasteiger charge is 2.26. The summed E-state index contributed by atoms with van der Waals surface area (Å²) in [5.74, 6) is 0.330. The summed E-state index contributed by atoms with van der Waals surface area (Å²) in [6.45, 7) is 6.43. The molecular formula is C18H26ClN3O2. The van der Waals surface area contributed by atoms with Crippen LogP contribution >= 0.6 is 11.6 Å². The minimum Gasteiger partial charge on any atom is -0.340 e. The van der Waals surface area contributed by atoms with Crippen LogP contribution in [-0.2, 0) is 4.79 Å². The van der Waals surface area contributed by atoms with E-state index in [0.717, 1.165) is 6.42 Å². The van der Waals surface area contributed by atoms with E-state index in [1.807, 2.05) is 0 Å². The minimum absolute atomic E-state index is 0.0132. The largest absolute Gasteiger partial charge is 0.340 e. The second-order valence-corrected chi connectivity index (χ2v) is 7.15. The van der Waals surface area contributed by atoms with E-state index in [4.69, 9.17) is 17.3 Å². The van der Waals surface area contributed by atoms with Crippen LogP contribution in [0.4, 0.5) is 0 Å². The van der Waals surface area contributed by atoms with Crippen LogP contribution in [0.25, 0.3) is 0 Å². The molecule has 0 aliphatic carbocycles. The van der Waals surface area contributed by atoms with E-state index in [2.05, 4.69) is 13.8 Å². The first kappa shape index (κ1) is 18.7. The third kappa shape index (κ3) is 4.95. The van der Waals surface area contributed by atoms with E-state index >= 15 is 0 Å². The highest BCUT2D eigenvalue weighted by molar-refractivity contribution is 6.30. The van der Waals surface area contributed by atoms with Gasteiger partial charge in [0, 0.05) is 36.8 Å². The molecule has 132 valence electrons. The maximum atomic E-state index is 12.6. The summed E-state index contributed by atoms with van der Waals surface area (Å²) in [4.78, 5) is 28.6. The van der Waals surface area contributed by atoms with Crippen molar-refractivity contribution in [1.29, 1.82) is 0 Å². The Morgan fingerprint density at radius 3 is 2.50 bits per heavy atom. The van der Waals surface area contributed by atoms with Crippen molar-refractivity contribution in [3.8, 4) is 0 Å². The molecule has 0 radical (unpaired) electrons. The number of hydrogen-bond acceptors (Lipinski definition) is 3. The summed E-state index contributed by atoms with van der Waals surface area (Å²) in [6.07, 6.45) is 1.44. The highest BCUT2D eigenvalue weighted by Crippen LogP contribution is 2.15. The van der Waals surface area contributed by atoms with E-state index < -0.39 is 6.04 Å². The van der Waals surface area contributed by atoms with Gasteiger partial charge >= 0.3 is 0 Å². The third-order valence-electron chi connectivity index (χ3n) is 4.21. The van der Waals surface area contributed by atoms with Gasteiger partial charge in [-0.15, -0.1) is 0 Å². The standard InChI is InChI=1S/C18H26ClN3O2/c1-13(2)11-16(20)18(24)22-8-4-7-21(9-10-22)17(23)14-5-3-6-15(19)12-14/h3,5-6,12-13,16H,4,7-11,20H2,1-2H3/t16-/m0/s1. The van der Waals surface area contributed by atoms with Crippen molar-refractivity contribution in [2.24, 2.45) is 11.7 Å².